The number of aliphatic hydroxyl groups excluding tert-OH is 1. The monoisotopic (exact) mass is 558 g/mol. The largest absolute Gasteiger partial charge is 0.488 e. The van der Waals surface area contributed by atoms with Crippen molar-refractivity contribution in [3.63, 3.8) is 0 Å². The van der Waals surface area contributed by atoms with E-state index in [0.717, 1.165) is 37.7 Å². The molecule has 2 heterocycles. The number of amides is 2. The summed E-state index contributed by atoms with van der Waals surface area (Å²) in [5.41, 5.74) is 1.43. The van der Waals surface area contributed by atoms with Crippen molar-refractivity contribution in [1.82, 2.24) is 14.7 Å². The summed E-state index contributed by atoms with van der Waals surface area (Å²) in [4.78, 5) is 32.6. The number of fused-ring (bicyclic) bond motifs is 1. The van der Waals surface area contributed by atoms with Gasteiger partial charge in [0, 0.05) is 62.9 Å². The lowest BCUT2D eigenvalue weighted by Gasteiger charge is -2.35. The van der Waals surface area contributed by atoms with Gasteiger partial charge in [0.15, 0.2) is 0 Å². The number of hydrogen-bond donors (Lipinski definition) is 2. The van der Waals surface area contributed by atoms with Crippen molar-refractivity contribution in [3.05, 3.63) is 23.8 Å². The second-order valence-corrected chi connectivity index (χ2v) is 12.2. The SMILES string of the molecule is C[C@H](CO)N1C[C@H](C)[C@H](CN(C)CC2CCCCC2)Oc2ccc(NC(=O)CCN3CCOCC3)cc2CC1=O. The summed E-state index contributed by atoms with van der Waals surface area (Å²) in [6, 6.07) is 5.36. The van der Waals surface area contributed by atoms with Crippen LogP contribution in [0.15, 0.2) is 18.2 Å². The van der Waals surface area contributed by atoms with Crippen LogP contribution in [-0.4, -0.2) is 110 Å². The van der Waals surface area contributed by atoms with Gasteiger partial charge >= 0.3 is 0 Å². The second-order valence-electron chi connectivity index (χ2n) is 12.2. The van der Waals surface area contributed by atoms with E-state index in [9.17, 15) is 14.7 Å². The number of likely N-dealkylation sites (N-methyl/N-ethyl adjacent to an activating group) is 1. The van der Waals surface area contributed by atoms with E-state index >= 15 is 0 Å². The molecule has 9 heteroatoms. The Kier molecular flexibility index (Phi) is 11.6. The molecule has 0 bridgehead atoms. The number of hydrogen-bond acceptors (Lipinski definition) is 7. The van der Waals surface area contributed by atoms with Gasteiger partial charge in [0.2, 0.25) is 11.8 Å². The van der Waals surface area contributed by atoms with Crippen molar-refractivity contribution < 1.29 is 24.2 Å². The summed E-state index contributed by atoms with van der Waals surface area (Å²) in [5, 5.41) is 12.9. The highest BCUT2D eigenvalue weighted by atomic mass is 16.5. The quantitative estimate of drug-likeness (QED) is 0.456. The normalized spacial score (nSPS) is 24.0. The molecular weight excluding hydrogens is 508 g/mol. The van der Waals surface area contributed by atoms with Gasteiger partial charge in [-0.3, -0.25) is 14.5 Å². The van der Waals surface area contributed by atoms with Gasteiger partial charge in [-0.15, -0.1) is 0 Å². The van der Waals surface area contributed by atoms with E-state index in [-0.39, 0.29) is 42.9 Å². The van der Waals surface area contributed by atoms with Gasteiger partial charge in [-0.25, -0.2) is 0 Å². The average molecular weight is 559 g/mol. The zero-order valence-electron chi connectivity index (χ0n) is 24.8. The van der Waals surface area contributed by atoms with E-state index in [1.165, 1.54) is 32.1 Å². The minimum atomic E-state index is -0.278. The summed E-state index contributed by atoms with van der Waals surface area (Å²) in [7, 11) is 2.17. The van der Waals surface area contributed by atoms with Crippen molar-refractivity contribution >= 4 is 17.5 Å². The number of carbonyl (C=O) groups excluding carboxylic acids is 2. The Balaban J connectivity index is 1.47. The van der Waals surface area contributed by atoms with Crippen molar-refractivity contribution in [2.24, 2.45) is 11.8 Å². The topological polar surface area (TPSA) is 94.6 Å². The van der Waals surface area contributed by atoms with Crippen LogP contribution in [0.4, 0.5) is 5.69 Å². The molecule has 0 unspecified atom stereocenters. The molecule has 1 saturated heterocycles. The molecule has 0 spiro atoms. The first-order valence-electron chi connectivity index (χ1n) is 15.3. The second kappa shape index (κ2) is 15.1. The molecule has 1 aliphatic carbocycles. The van der Waals surface area contributed by atoms with Gasteiger partial charge in [-0.2, -0.15) is 0 Å². The molecule has 3 atom stereocenters. The molecule has 2 N–H and O–H groups in total. The highest BCUT2D eigenvalue weighted by molar-refractivity contribution is 5.91. The molecule has 224 valence electrons. The number of carbonyl (C=O) groups is 2. The van der Waals surface area contributed by atoms with Crippen LogP contribution in [-0.2, 0) is 20.7 Å². The third-order valence-electron chi connectivity index (χ3n) is 8.75. The highest BCUT2D eigenvalue weighted by Gasteiger charge is 2.31. The van der Waals surface area contributed by atoms with Crippen LogP contribution in [0, 0.1) is 11.8 Å². The van der Waals surface area contributed by atoms with E-state index in [2.05, 4.69) is 29.1 Å². The molecule has 1 aromatic carbocycles. The highest BCUT2D eigenvalue weighted by Crippen LogP contribution is 2.30. The number of anilines is 1. The van der Waals surface area contributed by atoms with Gasteiger partial charge in [0.05, 0.1) is 32.3 Å². The number of benzene rings is 1. The molecule has 2 aliphatic heterocycles. The molecule has 1 saturated carbocycles. The van der Waals surface area contributed by atoms with Gasteiger partial charge in [0.1, 0.15) is 11.9 Å². The summed E-state index contributed by atoms with van der Waals surface area (Å²) in [6.45, 7) is 10.1. The molecule has 0 radical (unpaired) electrons. The van der Waals surface area contributed by atoms with Crippen LogP contribution in [0.5, 0.6) is 5.75 Å². The maximum Gasteiger partial charge on any atom is 0.227 e. The van der Waals surface area contributed by atoms with E-state index in [4.69, 9.17) is 9.47 Å². The van der Waals surface area contributed by atoms with Crippen LogP contribution < -0.4 is 10.1 Å². The van der Waals surface area contributed by atoms with Crippen LogP contribution in [0.3, 0.4) is 0 Å². The van der Waals surface area contributed by atoms with E-state index in [1.54, 1.807) is 4.90 Å². The lowest BCUT2D eigenvalue weighted by molar-refractivity contribution is -0.134. The average Bonchev–Trinajstić information content (AvgIpc) is 3.00. The summed E-state index contributed by atoms with van der Waals surface area (Å²) >= 11 is 0. The molecule has 9 nitrogen and oxygen atoms in total. The molecule has 0 aromatic heterocycles. The van der Waals surface area contributed by atoms with Crippen molar-refractivity contribution in [2.75, 3.05) is 71.5 Å². The summed E-state index contributed by atoms with van der Waals surface area (Å²) in [5.74, 6) is 1.43. The fraction of sp³-hybridized carbons (Fsp3) is 0.742. The summed E-state index contributed by atoms with van der Waals surface area (Å²) in [6.07, 6.45) is 7.05. The fourth-order valence-electron chi connectivity index (χ4n) is 6.23. The first kappa shape index (κ1) is 30.8. The number of rotatable bonds is 10. The fourth-order valence-corrected chi connectivity index (χ4v) is 6.23. The molecule has 2 amide bonds. The lowest BCUT2D eigenvalue weighted by atomic mass is 9.89. The van der Waals surface area contributed by atoms with Gasteiger partial charge in [-0.1, -0.05) is 26.2 Å². The molecule has 3 aliphatic rings. The number of nitrogens with one attached hydrogen (secondary N) is 1. The van der Waals surface area contributed by atoms with Crippen molar-refractivity contribution in [3.8, 4) is 5.75 Å². The Morgan fingerprint density at radius 1 is 1.18 bits per heavy atom. The minimum absolute atomic E-state index is 0.0368. The molecule has 1 aromatic rings. The predicted octanol–water partition coefficient (Wildman–Crippen LogP) is 3.01. The Labute approximate surface area is 240 Å². The first-order valence-corrected chi connectivity index (χ1v) is 15.3. The maximum absolute atomic E-state index is 13.5. The predicted molar refractivity (Wildman–Crippen MR) is 157 cm³/mol. The molecule has 40 heavy (non-hydrogen) atoms. The number of morpholine rings is 1. The van der Waals surface area contributed by atoms with Gasteiger partial charge in [0.25, 0.3) is 0 Å². The molecular formula is C31H50N4O5. The zero-order valence-corrected chi connectivity index (χ0v) is 24.8. The Bertz CT molecular complexity index is 963. The van der Waals surface area contributed by atoms with Gasteiger partial charge in [-0.05, 0) is 50.9 Å². The Morgan fingerprint density at radius 2 is 1.93 bits per heavy atom. The first-order chi connectivity index (χ1) is 19.3. The van der Waals surface area contributed by atoms with E-state index in [1.807, 2.05) is 25.1 Å². The van der Waals surface area contributed by atoms with Crippen LogP contribution >= 0.6 is 0 Å². The third-order valence-corrected chi connectivity index (χ3v) is 8.75. The van der Waals surface area contributed by atoms with Crippen LogP contribution in [0.25, 0.3) is 0 Å². The number of aliphatic hydroxyl groups is 1. The van der Waals surface area contributed by atoms with Crippen molar-refractivity contribution in [2.45, 2.75) is 70.9 Å². The van der Waals surface area contributed by atoms with Crippen LogP contribution in [0.1, 0.15) is 57.9 Å². The zero-order chi connectivity index (χ0) is 28.5. The van der Waals surface area contributed by atoms with Crippen molar-refractivity contribution in [1.29, 1.82) is 0 Å². The molecule has 4 rings (SSSR count). The van der Waals surface area contributed by atoms with E-state index < -0.39 is 0 Å². The standard InChI is InChI=1S/C31H50N4O5/c1-23-19-35(24(2)22-36)31(38)18-26-17-27(32-30(37)11-12-34-13-15-39-16-14-34)9-10-28(26)40-29(23)21-33(3)20-25-7-5-4-6-8-25/h9-10,17,23-25,29,36H,4-8,11-16,18-22H2,1-3H3,(H,32,37)/t23-,24+,29-/m0/s1. The van der Waals surface area contributed by atoms with Gasteiger partial charge < -0.3 is 29.7 Å². The smallest absolute Gasteiger partial charge is 0.227 e. The minimum Gasteiger partial charge on any atom is -0.488 e. The Morgan fingerprint density at radius 3 is 2.65 bits per heavy atom. The summed E-state index contributed by atoms with van der Waals surface area (Å²) < 4.78 is 12.1. The van der Waals surface area contributed by atoms with Crippen LogP contribution in [0.2, 0.25) is 0 Å². The number of nitrogens with zero attached hydrogens (tertiary/aromatic N) is 3. The van der Waals surface area contributed by atoms with E-state index in [0.29, 0.717) is 44.2 Å². The third kappa shape index (κ3) is 8.90. The lowest BCUT2D eigenvalue weighted by Crippen LogP contribution is -2.48. The molecule has 2 fully saturated rings. The maximum atomic E-state index is 13.5. The Hall–Kier alpha value is -2.20. The number of ether oxygens (including phenoxy) is 2.